The van der Waals surface area contributed by atoms with E-state index in [0.717, 1.165) is 11.1 Å². The molecule has 2 aromatic heterocycles. The molecular formula is C22H20FN5O2. The van der Waals surface area contributed by atoms with E-state index in [9.17, 15) is 14.0 Å². The fourth-order valence-corrected chi connectivity index (χ4v) is 3.10. The molecule has 30 heavy (non-hydrogen) atoms. The first-order chi connectivity index (χ1) is 14.5. The number of carbonyl (C=O) groups excluding carboxylic acids is 1. The minimum Gasteiger partial charge on any atom is -0.352 e. The molecule has 0 aliphatic heterocycles. The molecule has 7 nitrogen and oxygen atoms in total. The summed E-state index contributed by atoms with van der Waals surface area (Å²) >= 11 is 0. The molecule has 8 heteroatoms. The first-order valence-electron chi connectivity index (χ1n) is 9.52. The van der Waals surface area contributed by atoms with Gasteiger partial charge in [-0.2, -0.15) is 5.10 Å². The first-order valence-corrected chi connectivity index (χ1v) is 9.52. The van der Waals surface area contributed by atoms with E-state index in [4.69, 9.17) is 0 Å². The minimum atomic E-state index is -0.355. The third-order valence-corrected chi connectivity index (χ3v) is 4.82. The van der Waals surface area contributed by atoms with Gasteiger partial charge in [0.05, 0.1) is 18.2 Å². The van der Waals surface area contributed by atoms with Crippen LogP contribution >= 0.6 is 0 Å². The van der Waals surface area contributed by atoms with Gasteiger partial charge in [0.15, 0.2) is 5.65 Å². The Morgan fingerprint density at radius 3 is 2.57 bits per heavy atom. The highest BCUT2D eigenvalue weighted by Gasteiger charge is 2.12. The molecule has 1 amide bonds. The summed E-state index contributed by atoms with van der Waals surface area (Å²) in [4.78, 5) is 29.2. The molecule has 2 aromatic carbocycles. The van der Waals surface area contributed by atoms with Crippen molar-refractivity contribution in [1.82, 2.24) is 24.6 Å². The number of nitrogens with one attached hydrogen (secondary N) is 1. The summed E-state index contributed by atoms with van der Waals surface area (Å²) < 4.78 is 16.0. The van der Waals surface area contributed by atoms with Gasteiger partial charge in [-0.25, -0.2) is 14.1 Å². The van der Waals surface area contributed by atoms with Crippen molar-refractivity contribution in [2.24, 2.45) is 0 Å². The third-order valence-electron chi connectivity index (χ3n) is 4.82. The van der Waals surface area contributed by atoms with Gasteiger partial charge in [0.1, 0.15) is 11.2 Å². The van der Waals surface area contributed by atoms with Gasteiger partial charge in [0, 0.05) is 19.5 Å². The second kappa shape index (κ2) is 8.28. The fourth-order valence-electron chi connectivity index (χ4n) is 3.10. The summed E-state index contributed by atoms with van der Waals surface area (Å²) in [7, 11) is 0. The monoisotopic (exact) mass is 405 g/mol. The van der Waals surface area contributed by atoms with E-state index in [1.54, 1.807) is 12.1 Å². The van der Waals surface area contributed by atoms with Crippen molar-refractivity contribution in [3.05, 3.63) is 88.4 Å². The average molecular weight is 405 g/mol. The fraction of sp³-hybridized carbons (Fsp3) is 0.182. The van der Waals surface area contributed by atoms with Gasteiger partial charge in [-0.05, 0) is 36.8 Å². The molecule has 0 unspecified atom stereocenters. The lowest BCUT2D eigenvalue weighted by Crippen LogP contribution is -2.27. The quantitative estimate of drug-likeness (QED) is 0.535. The molecule has 0 aliphatic carbocycles. The molecular weight excluding hydrogens is 385 g/mol. The van der Waals surface area contributed by atoms with Gasteiger partial charge in [-0.15, -0.1) is 0 Å². The maximum absolute atomic E-state index is 13.1. The van der Waals surface area contributed by atoms with E-state index in [2.05, 4.69) is 15.4 Å². The van der Waals surface area contributed by atoms with E-state index in [1.165, 1.54) is 33.9 Å². The van der Waals surface area contributed by atoms with E-state index in [0.29, 0.717) is 23.3 Å². The normalized spacial score (nSPS) is 11.0. The smallest absolute Gasteiger partial charge is 0.264 e. The zero-order valence-electron chi connectivity index (χ0n) is 16.4. The highest BCUT2D eigenvalue weighted by molar-refractivity contribution is 5.76. The number of carbonyl (C=O) groups is 1. The zero-order valence-corrected chi connectivity index (χ0v) is 16.4. The van der Waals surface area contributed by atoms with Crippen LogP contribution in [0.3, 0.4) is 0 Å². The van der Waals surface area contributed by atoms with Crippen molar-refractivity contribution in [1.29, 1.82) is 0 Å². The van der Waals surface area contributed by atoms with Crippen LogP contribution in [0.5, 0.6) is 0 Å². The average Bonchev–Trinajstić information content (AvgIpc) is 3.18. The summed E-state index contributed by atoms with van der Waals surface area (Å²) in [5.41, 5.74) is 2.88. The van der Waals surface area contributed by atoms with Crippen molar-refractivity contribution in [3.8, 4) is 5.69 Å². The van der Waals surface area contributed by atoms with Gasteiger partial charge in [-0.3, -0.25) is 14.2 Å². The van der Waals surface area contributed by atoms with Crippen molar-refractivity contribution in [3.63, 3.8) is 0 Å². The predicted molar refractivity (Wildman–Crippen MR) is 111 cm³/mol. The largest absolute Gasteiger partial charge is 0.352 e. The number of hydrogen-bond acceptors (Lipinski definition) is 4. The van der Waals surface area contributed by atoms with Crippen LogP contribution in [0, 0.1) is 12.7 Å². The molecule has 0 radical (unpaired) electrons. The third kappa shape index (κ3) is 4.12. The van der Waals surface area contributed by atoms with Crippen LogP contribution in [0.1, 0.15) is 17.5 Å². The lowest BCUT2D eigenvalue weighted by Gasteiger charge is -2.08. The number of benzene rings is 2. The number of fused-ring (bicyclic) bond motifs is 1. The van der Waals surface area contributed by atoms with Crippen molar-refractivity contribution >= 4 is 16.9 Å². The number of amides is 1. The summed E-state index contributed by atoms with van der Waals surface area (Å²) in [6.45, 7) is 2.66. The van der Waals surface area contributed by atoms with Crippen LogP contribution in [0.2, 0.25) is 0 Å². The Kier molecular flexibility index (Phi) is 5.38. The van der Waals surface area contributed by atoms with E-state index in [1.807, 2.05) is 31.2 Å². The van der Waals surface area contributed by atoms with Crippen LogP contribution in [0.4, 0.5) is 4.39 Å². The van der Waals surface area contributed by atoms with Gasteiger partial charge < -0.3 is 5.32 Å². The molecule has 0 spiro atoms. The zero-order chi connectivity index (χ0) is 21.1. The topological polar surface area (TPSA) is 81.8 Å². The van der Waals surface area contributed by atoms with Crippen LogP contribution in [-0.4, -0.2) is 25.2 Å². The van der Waals surface area contributed by atoms with Gasteiger partial charge in [-0.1, -0.05) is 29.8 Å². The molecule has 2 heterocycles. The van der Waals surface area contributed by atoms with E-state index in [-0.39, 0.29) is 30.2 Å². The standard InChI is InChI=1S/C22H20FN5O2/c1-15-2-4-16(5-3-15)12-24-20(29)10-11-27-14-25-21-19(22(27)30)13-26-28(21)18-8-6-17(23)7-9-18/h2-9,13-14H,10-12H2,1H3,(H,24,29). The number of hydrogen-bond donors (Lipinski definition) is 1. The second-order valence-corrected chi connectivity index (χ2v) is 7.03. The van der Waals surface area contributed by atoms with Crippen molar-refractivity contribution in [2.45, 2.75) is 26.4 Å². The number of aryl methyl sites for hydroxylation is 2. The van der Waals surface area contributed by atoms with Crippen LogP contribution in [-0.2, 0) is 17.9 Å². The van der Waals surface area contributed by atoms with Gasteiger partial charge >= 0.3 is 0 Å². The molecule has 0 fully saturated rings. The Morgan fingerprint density at radius 1 is 1.10 bits per heavy atom. The Labute approximate surface area is 171 Å². The Morgan fingerprint density at radius 2 is 1.83 bits per heavy atom. The lowest BCUT2D eigenvalue weighted by atomic mass is 10.1. The second-order valence-electron chi connectivity index (χ2n) is 7.03. The number of nitrogens with zero attached hydrogens (tertiary/aromatic N) is 4. The van der Waals surface area contributed by atoms with Crippen molar-refractivity contribution in [2.75, 3.05) is 0 Å². The molecule has 0 saturated carbocycles. The molecule has 0 bridgehead atoms. The molecule has 0 atom stereocenters. The molecule has 0 aliphatic rings. The van der Waals surface area contributed by atoms with E-state index >= 15 is 0 Å². The lowest BCUT2D eigenvalue weighted by molar-refractivity contribution is -0.121. The maximum Gasteiger partial charge on any atom is 0.264 e. The summed E-state index contributed by atoms with van der Waals surface area (Å²) in [6, 6.07) is 13.7. The van der Waals surface area contributed by atoms with Crippen molar-refractivity contribution < 1.29 is 9.18 Å². The van der Waals surface area contributed by atoms with Crippen LogP contribution in [0.15, 0.2) is 65.8 Å². The predicted octanol–water partition coefficient (Wildman–Crippen LogP) is 2.74. The maximum atomic E-state index is 13.1. The molecule has 4 aromatic rings. The molecule has 0 saturated heterocycles. The Bertz CT molecular complexity index is 1240. The molecule has 152 valence electrons. The number of rotatable bonds is 6. The first kappa shape index (κ1) is 19.5. The van der Waals surface area contributed by atoms with Crippen LogP contribution in [0.25, 0.3) is 16.7 Å². The summed E-state index contributed by atoms with van der Waals surface area (Å²) in [5.74, 6) is -0.504. The summed E-state index contributed by atoms with van der Waals surface area (Å²) in [5, 5.41) is 7.39. The minimum absolute atomic E-state index is 0.149. The molecule has 4 rings (SSSR count). The number of halogens is 1. The Balaban J connectivity index is 1.44. The Hall–Kier alpha value is -3.81. The molecule has 1 N–H and O–H groups in total. The van der Waals surface area contributed by atoms with E-state index < -0.39 is 0 Å². The van der Waals surface area contributed by atoms with Gasteiger partial charge in [0.25, 0.3) is 5.56 Å². The highest BCUT2D eigenvalue weighted by atomic mass is 19.1. The summed E-state index contributed by atoms with van der Waals surface area (Å²) in [6.07, 6.45) is 2.99. The number of aromatic nitrogens is 4. The van der Waals surface area contributed by atoms with Gasteiger partial charge in [0.2, 0.25) is 5.91 Å². The highest BCUT2D eigenvalue weighted by Crippen LogP contribution is 2.14. The SMILES string of the molecule is Cc1ccc(CNC(=O)CCn2cnc3c(cnn3-c3ccc(F)cc3)c2=O)cc1. The van der Waals surface area contributed by atoms with Crippen LogP contribution < -0.4 is 10.9 Å².